The highest BCUT2D eigenvalue weighted by atomic mass is 32.1. The number of H-pyrrole nitrogens is 1. The van der Waals surface area contributed by atoms with Crippen molar-refractivity contribution in [3.8, 4) is 20.9 Å². The molecule has 0 fully saturated rings. The van der Waals surface area contributed by atoms with Gasteiger partial charge in [0.25, 0.3) is 0 Å². The molecular weight excluding hydrogens is 617 g/mol. The molecule has 8 bridgehead atoms. The van der Waals surface area contributed by atoms with Crippen LogP contribution in [0.5, 0.6) is 0 Å². The van der Waals surface area contributed by atoms with E-state index in [1.807, 2.05) is 0 Å². The molecule has 2 N–H and O–H groups in total. The minimum absolute atomic E-state index is 0.927. The monoisotopic (exact) mass is 638 g/mol. The summed E-state index contributed by atoms with van der Waals surface area (Å²) in [5.74, 6) is 0. The number of allylic oxidation sites excluding steroid dienone is 3. The molecule has 0 aliphatic carbocycles. The Bertz CT molecular complexity index is 2400. The molecule has 8 heteroatoms. The summed E-state index contributed by atoms with van der Waals surface area (Å²) in [6.07, 6.45) is 13.0. The molecule has 9 heterocycles. The largest absolute Gasteiger partial charge is 0.611 e. The molecule has 6 aromatic rings. The number of nitrogens with zero attached hydrogens (tertiary/aromatic N) is 2. The van der Waals surface area contributed by atoms with Crippen LogP contribution in [-0.4, -0.2) is 10.7 Å². The third-order valence-electron chi connectivity index (χ3n) is 7.81. The van der Waals surface area contributed by atoms with E-state index in [2.05, 4.69) is 129 Å². The molecule has 210 valence electrons. The Morgan fingerprint density at radius 3 is 2.16 bits per heavy atom. The van der Waals surface area contributed by atoms with Crippen LogP contribution >= 0.6 is 45.3 Å². The van der Waals surface area contributed by atoms with Gasteiger partial charge in [0.15, 0.2) is 0 Å². The van der Waals surface area contributed by atoms with Gasteiger partial charge in [0.2, 0.25) is 0 Å². The van der Waals surface area contributed by atoms with Crippen LogP contribution in [0.1, 0.15) is 9.75 Å². The molecule has 4 nitrogen and oxygen atoms in total. The minimum Gasteiger partial charge on any atom is -0.611 e. The predicted molar refractivity (Wildman–Crippen MR) is 189 cm³/mol. The lowest BCUT2D eigenvalue weighted by Gasteiger charge is -2.00. The van der Waals surface area contributed by atoms with E-state index in [1.165, 1.54) is 19.5 Å². The zero-order valence-corrected chi connectivity index (χ0v) is 26.3. The first-order valence-electron chi connectivity index (χ1n) is 14.1. The molecule has 0 aromatic carbocycles. The molecule has 0 atom stereocenters. The molecular formula is C36H22N4S4. The Kier molecular flexibility index (Phi) is 6.19. The number of nitrogens with one attached hydrogen (secondary N) is 2. The van der Waals surface area contributed by atoms with Crippen LogP contribution in [0.4, 0.5) is 0 Å². The second-order valence-electron chi connectivity index (χ2n) is 10.5. The molecule has 0 amide bonds. The van der Waals surface area contributed by atoms with Gasteiger partial charge in [-0.15, -0.1) is 39.4 Å². The molecule has 0 radical (unpaired) electrons. The zero-order chi connectivity index (χ0) is 29.0. The summed E-state index contributed by atoms with van der Waals surface area (Å²) in [6, 6.07) is 21.5. The zero-order valence-electron chi connectivity index (χ0n) is 23.1. The number of rotatable bonds is 4. The van der Waals surface area contributed by atoms with E-state index in [1.54, 1.807) is 45.3 Å². The number of aromatic nitrogens is 2. The van der Waals surface area contributed by atoms with E-state index in [-0.39, 0.29) is 0 Å². The standard InChI is InChI=1S/C36H22N4S4/c1-5-33(41-13-1)21-17-29-30-18-22(34-6-2-14-42-34)27(38-30)11-12-28-24(36-8-4-16-44-36)20-32(40-28)31-19-23(35-7-3-15-43-35)26(39-31)10-9-25(21)37-29/h1-20,37,40H. The quantitative estimate of drug-likeness (QED) is 0.221. The molecule has 0 spiro atoms. The fourth-order valence-corrected chi connectivity index (χ4v) is 8.75. The lowest BCUT2D eigenvalue weighted by molar-refractivity contribution is 1.13. The van der Waals surface area contributed by atoms with Crippen molar-refractivity contribution in [2.24, 2.45) is 4.99 Å². The summed E-state index contributed by atoms with van der Waals surface area (Å²) in [4.78, 5) is 18.9. The number of aliphatic imine (C=N–C) groups is 1. The Hall–Kier alpha value is -4.60. The van der Waals surface area contributed by atoms with E-state index in [9.17, 15) is 0 Å². The van der Waals surface area contributed by atoms with Gasteiger partial charge in [0, 0.05) is 42.6 Å². The van der Waals surface area contributed by atoms with E-state index in [0.717, 1.165) is 66.5 Å². The van der Waals surface area contributed by atoms with Crippen molar-refractivity contribution in [2.75, 3.05) is 0 Å². The Morgan fingerprint density at radius 1 is 0.727 bits per heavy atom. The highest BCUT2D eigenvalue weighted by Crippen LogP contribution is 2.35. The highest BCUT2D eigenvalue weighted by Gasteiger charge is 2.28. The third kappa shape index (κ3) is 4.46. The second-order valence-corrected chi connectivity index (χ2v) is 14.3. The Labute approximate surface area is 269 Å². The van der Waals surface area contributed by atoms with Gasteiger partial charge in [-0.05, 0) is 87.7 Å². The van der Waals surface area contributed by atoms with Crippen LogP contribution in [0, 0.1) is 6.42 Å². The molecule has 3 aliphatic heterocycles. The van der Waals surface area contributed by atoms with Crippen molar-refractivity contribution < 1.29 is 0 Å². The van der Waals surface area contributed by atoms with Gasteiger partial charge in [-0.1, -0.05) is 35.6 Å². The topological polar surface area (TPSA) is 54.3 Å². The second kappa shape index (κ2) is 10.5. The molecule has 44 heavy (non-hydrogen) atoms. The summed E-state index contributed by atoms with van der Waals surface area (Å²) in [7, 11) is 0. The van der Waals surface area contributed by atoms with E-state index in [0.29, 0.717) is 0 Å². The van der Waals surface area contributed by atoms with Crippen LogP contribution in [0.2, 0.25) is 0 Å². The molecule has 0 saturated carbocycles. The number of thiophene rings is 4. The van der Waals surface area contributed by atoms with E-state index < -0.39 is 0 Å². The molecule has 0 saturated heterocycles. The van der Waals surface area contributed by atoms with Gasteiger partial charge in [0.1, 0.15) is 21.8 Å². The van der Waals surface area contributed by atoms with Gasteiger partial charge in [-0.2, -0.15) is 0 Å². The van der Waals surface area contributed by atoms with Crippen LogP contribution in [0.15, 0.2) is 111 Å². The predicted octanol–water partition coefficient (Wildman–Crippen LogP) is 6.36. The summed E-state index contributed by atoms with van der Waals surface area (Å²) >= 11 is 6.95. The first kappa shape index (κ1) is 25.9. The molecule has 3 aliphatic rings. The number of aromatic amines is 1. The van der Waals surface area contributed by atoms with Crippen molar-refractivity contribution in [1.82, 2.24) is 15.3 Å². The van der Waals surface area contributed by atoms with Gasteiger partial charge in [-0.3, -0.25) is 5.32 Å². The van der Waals surface area contributed by atoms with Crippen molar-refractivity contribution in [3.05, 3.63) is 144 Å². The van der Waals surface area contributed by atoms with Crippen molar-refractivity contribution in [1.29, 1.82) is 0 Å². The lowest BCUT2D eigenvalue weighted by Crippen LogP contribution is -2.21. The van der Waals surface area contributed by atoms with E-state index >= 15 is 0 Å². The molecule has 9 rings (SSSR count). The van der Waals surface area contributed by atoms with Crippen LogP contribution in [0.3, 0.4) is 0 Å². The van der Waals surface area contributed by atoms with Crippen molar-refractivity contribution in [2.45, 2.75) is 0 Å². The number of fused-ring (bicyclic) bond motifs is 7. The number of hydrogen-bond acceptors (Lipinski definition) is 6. The first-order valence-corrected chi connectivity index (χ1v) is 17.6. The maximum atomic E-state index is 5.19. The van der Waals surface area contributed by atoms with Crippen LogP contribution in [0.25, 0.3) is 55.6 Å². The van der Waals surface area contributed by atoms with E-state index in [4.69, 9.17) is 9.98 Å². The summed E-state index contributed by atoms with van der Waals surface area (Å²) in [5, 5.41) is 16.1. The van der Waals surface area contributed by atoms with Gasteiger partial charge >= 0.3 is 0 Å². The highest BCUT2D eigenvalue weighted by molar-refractivity contribution is 7.14. The fraction of sp³-hybridized carbons (Fsp3) is 0. The smallest absolute Gasteiger partial charge is 0.139 e. The Balaban J connectivity index is 1.35. The van der Waals surface area contributed by atoms with Crippen molar-refractivity contribution in [3.63, 3.8) is 0 Å². The minimum atomic E-state index is 0.927. The van der Waals surface area contributed by atoms with Crippen LogP contribution in [-0.2, 0) is 0 Å². The first-order chi connectivity index (χ1) is 21.8. The molecule has 6 aromatic heterocycles. The Morgan fingerprint density at radius 2 is 1.43 bits per heavy atom. The van der Waals surface area contributed by atoms with Crippen LogP contribution < -0.4 is 31.7 Å². The van der Waals surface area contributed by atoms with Gasteiger partial charge < -0.3 is 9.97 Å². The summed E-state index contributed by atoms with van der Waals surface area (Å²) in [5.41, 5.74) is 8.49. The summed E-state index contributed by atoms with van der Waals surface area (Å²) in [6.45, 7) is 0. The fourth-order valence-electron chi connectivity index (χ4n) is 5.73. The normalized spacial score (nSPS) is 15.5. The third-order valence-corrected chi connectivity index (χ3v) is 11.4. The maximum absolute atomic E-state index is 5.19. The SMILES string of the molecule is C1=CC2=C(c3cccs3)[CH+]C(=c3cc(-c4cccs4)c([n-]3)=CC=c3[nH]c(cc3-c3cccs3)=C3C=C(c4cccs4)C1=N3)N2. The summed E-state index contributed by atoms with van der Waals surface area (Å²) < 4.78 is 0. The maximum Gasteiger partial charge on any atom is 0.139 e. The van der Waals surface area contributed by atoms with Gasteiger partial charge in [0.05, 0.1) is 23.2 Å². The lowest BCUT2D eigenvalue weighted by atomic mass is 10.1. The average Bonchev–Trinajstić information content (AvgIpc) is 3.89. The van der Waals surface area contributed by atoms with Gasteiger partial charge in [-0.25, -0.2) is 4.99 Å². The molecule has 0 unspecified atom stereocenters. The average molecular weight is 639 g/mol. The number of hydrogen-bond donors (Lipinski definition) is 2. The van der Waals surface area contributed by atoms with Crippen molar-refractivity contribution >= 4 is 85.8 Å².